The van der Waals surface area contributed by atoms with E-state index in [0.717, 1.165) is 6.92 Å². The first-order valence-corrected chi connectivity index (χ1v) is 4.42. The van der Waals surface area contributed by atoms with Gasteiger partial charge < -0.3 is 4.74 Å². The molecule has 9 heteroatoms. The van der Waals surface area contributed by atoms with Gasteiger partial charge in [-0.3, -0.25) is 0 Å². The number of esters is 1. The Morgan fingerprint density at radius 2 is 1.53 bits per heavy atom. The zero-order chi connectivity index (χ0) is 14.1. The summed E-state index contributed by atoms with van der Waals surface area (Å²) in [5.41, 5.74) is 0. The molecule has 0 aromatic carbocycles. The number of hydrogen-bond acceptors (Lipinski definition) is 2. The Labute approximate surface area is 91.7 Å². The van der Waals surface area contributed by atoms with E-state index in [1.165, 1.54) is 0 Å². The zero-order valence-corrected chi connectivity index (χ0v) is 8.75. The van der Waals surface area contributed by atoms with E-state index >= 15 is 0 Å². The zero-order valence-electron chi connectivity index (χ0n) is 8.75. The molecule has 2 nitrogen and oxygen atoms in total. The second-order valence-electron chi connectivity index (χ2n) is 3.34. The van der Waals surface area contributed by atoms with E-state index in [1.807, 2.05) is 0 Å². The molecule has 0 radical (unpaired) electrons. The number of ether oxygens (including phenoxy) is 1. The molecule has 17 heavy (non-hydrogen) atoms. The van der Waals surface area contributed by atoms with Crippen LogP contribution in [0, 0.1) is 5.92 Å². The molecular weight excluding hydrogens is 261 g/mol. The lowest BCUT2D eigenvalue weighted by Crippen LogP contribution is -2.50. The number of carbonyl (C=O) groups excluding carboxylic acids is 1. The van der Waals surface area contributed by atoms with Crippen molar-refractivity contribution in [3.05, 3.63) is 0 Å². The summed E-state index contributed by atoms with van der Waals surface area (Å²) in [4.78, 5) is 10.1. The van der Waals surface area contributed by atoms with Crippen molar-refractivity contribution in [3.63, 3.8) is 0 Å². The molecule has 0 N–H and O–H groups in total. The first-order valence-electron chi connectivity index (χ1n) is 4.42. The van der Waals surface area contributed by atoms with E-state index in [1.54, 1.807) is 0 Å². The number of hydrogen-bond donors (Lipinski definition) is 0. The lowest BCUT2D eigenvalue weighted by molar-refractivity contribution is -0.354. The molecule has 0 fully saturated rings. The number of carbonyl (C=O) groups is 1. The van der Waals surface area contributed by atoms with Crippen LogP contribution in [0.4, 0.5) is 30.7 Å². The Morgan fingerprint density at radius 3 is 1.82 bits per heavy atom. The van der Waals surface area contributed by atoms with Crippen molar-refractivity contribution in [1.82, 2.24) is 0 Å². The molecule has 0 aliphatic carbocycles. The number of alkyl halides is 7. The highest BCUT2D eigenvalue weighted by Crippen LogP contribution is 2.43. The molecule has 0 aromatic rings. The van der Waals surface area contributed by atoms with Gasteiger partial charge in [-0.1, -0.05) is 13.8 Å². The maximum atomic E-state index is 12.9. The first kappa shape index (κ1) is 16.0. The Bertz CT molecular complexity index is 284. The quantitative estimate of drug-likeness (QED) is 0.578. The minimum absolute atomic E-state index is 0.424. The van der Waals surface area contributed by atoms with Crippen LogP contribution in [0.15, 0.2) is 0 Å². The molecule has 102 valence electrons. The third kappa shape index (κ3) is 3.47. The van der Waals surface area contributed by atoms with Gasteiger partial charge in [0, 0.05) is 5.92 Å². The minimum atomic E-state index is -5.75. The average molecular weight is 270 g/mol. The maximum absolute atomic E-state index is 12.9. The molecule has 0 bridgehead atoms. The van der Waals surface area contributed by atoms with E-state index in [2.05, 4.69) is 4.74 Å². The largest absolute Gasteiger partial charge is 0.491 e. The van der Waals surface area contributed by atoms with E-state index in [-0.39, 0.29) is 0 Å². The molecule has 0 aliphatic heterocycles. The fourth-order valence-electron chi connectivity index (χ4n) is 0.786. The molecule has 0 amide bonds. The Hall–Kier alpha value is -1.02. The van der Waals surface area contributed by atoms with Gasteiger partial charge in [0.1, 0.15) is 0 Å². The summed E-state index contributed by atoms with van der Waals surface area (Å²) >= 11 is 0. The molecule has 0 saturated carbocycles. The third-order valence-corrected chi connectivity index (χ3v) is 2.07. The highest BCUT2D eigenvalue weighted by Gasteiger charge is 2.64. The van der Waals surface area contributed by atoms with Crippen LogP contribution < -0.4 is 0 Å². The maximum Gasteiger partial charge on any atom is 0.491 e. The monoisotopic (exact) mass is 270 g/mol. The normalized spacial score (nSPS) is 15.6. The van der Waals surface area contributed by atoms with Crippen molar-refractivity contribution >= 4 is 5.97 Å². The molecule has 1 atom stereocenters. The van der Waals surface area contributed by atoms with Gasteiger partial charge in [0.25, 0.3) is 0 Å². The Balaban J connectivity index is 4.97. The third-order valence-electron chi connectivity index (χ3n) is 2.07. The highest BCUT2D eigenvalue weighted by atomic mass is 19.4. The summed E-state index contributed by atoms with van der Waals surface area (Å²) < 4.78 is 88.7. The van der Waals surface area contributed by atoms with E-state index in [4.69, 9.17) is 0 Å². The summed E-state index contributed by atoms with van der Waals surface area (Å²) in [7, 11) is 0. The molecule has 0 spiro atoms. The van der Waals surface area contributed by atoms with Gasteiger partial charge in [0.05, 0.1) is 0 Å². The van der Waals surface area contributed by atoms with Crippen LogP contribution in [0.25, 0.3) is 0 Å². The Morgan fingerprint density at radius 1 is 1.12 bits per heavy atom. The fourth-order valence-corrected chi connectivity index (χ4v) is 0.786. The topological polar surface area (TPSA) is 26.3 Å². The van der Waals surface area contributed by atoms with Crippen LogP contribution in [-0.4, -0.2) is 24.2 Å². The fraction of sp³-hybridized carbons (Fsp3) is 0.875. The van der Waals surface area contributed by atoms with Gasteiger partial charge in [0.15, 0.2) is 0 Å². The average Bonchev–Trinajstić information content (AvgIpc) is 2.13. The number of halogens is 7. The number of rotatable bonds is 4. The second-order valence-corrected chi connectivity index (χ2v) is 3.34. The SMILES string of the molecule is CCC(C)C(F)(F)C(F)(F)OC(=O)C(F)(F)F. The van der Waals surface area contributed by atoms with Crippen molar-refractivity contribution in [2.75, 3.05) is 0 Å². The van der Waals surface area contributed by atoms with Crippen LogP contribution >= 0.6 is 0 Å². The lowest BCUT2D eigenvalue weighted by Gasteiger charge is -2.29. The standard InChI is InChI=1S/C8H9F7O2/c1-3-4(2)6(9,10)8(14,15)17-5(16)7(11,12)13/h4H,3H2,1-2H3. The van der Waals surface area contributed by atoms with E-state index in [9.17, 15) is 35.5 Å². The van der Waals surface area contributed by atoms with Gasteiger partial charge in [0.2, 0.25) is 0 Å². The molecule has 1 unspecified atom stereocenters. The van der Waals surface area contributed by atoms with Gasteiger partial charge >= 0.3 is 24.2 Å². The van der Waals surface area contributed by atoms with Crippen molar-refractivity contribution < 1.29 is 40.3 Å². The van der Waals surface area contributed by atoms with Crippen molar-refractivity contribution in [1.29, 1.82) is 0 Å². The van der Waals surface area contributed by atoms with Crippen LogP contribution in [0.1, 0.15) is 20.3 Å². The van der Waals surface area contributed by atoms with Gasteiger partial charge in [-0.05, 0) is 6.42 Å². The molecule has 0 saturated heterocycles. The van der Waals surface area contributed by atoms with Crippen LogP contribution in [0.3, 0.4) is 0 Å². The predicted molar refractivity (Wildman–Crippen MR) is 41.5 cm³/mol. The second kappa shape index (κ2) is 4.69. The first-order chi connectivity index (χ1) is 7.36. The smallest absolute Gasteiger partial charge is 0.389 e. The predicted octanol–water partition coefficient (Wildman–Crippen LogP) is 3.37. The van der Waals surface area contributed by atoms with Crippen LogP contribution in [0.2, 0.25) is 0 Å². The van der Waals surface area contributed by atoms with Crippen molar-refractivity contribution in [2.24, 2.45) is 5.92 Å². The summed E-state index contributed by atoms with van der Waals surface area (Å²) in [6.07, 6.45) is -11.7. The highest BCUT2D eigenvalue weighted by molar-refractivity contribution is 5.75. The molecule has 0 aromatic heterocycles. The molecule has 0 aliphatic rings. The van der Waals surface area contributed by atoms with Gasteiger partial charge in [-0.15, -0.1) is 0 Å². The summed E-state index contributed by atoms with van der Waals surface area (Å²) in [6, 6.07) is 0. The molecule has 0 rings (SSSR count). The van der Waals surface area contributed by atoms with Crippen molar-refractivity contribution in [3.8, 4) is 0 Å². The van der Waals surface area contributed by atoms with Crippen LogP contribution in [-0.2, 0) is 9.53 Å². The van der Waals surface area contributed by atoms with Gasteiger partial charge in [-0.25, -0.2) is 4.79 Å². The minimum Gasteiger partial charge on any atom is -0.389 e. The lowest BCUT2D eigenvalue weighted by atomic mass is 10.00. The van der Waals surface area contributed by atoms with Gasteiger partial charge in [-0.2, -0.15) is 30.7 Å². The molecule has 0 heterocycles. The van der Waals surface area contributed by atoms with Crippen LogP contribution in [0.5, 0.6) is 0 Å². The van der Waals surface area contributed by atoms with Crippen molar-refractivity contribution in [2.45, 2.75) is 38.5 Å². The Kier molecular flexibility index (Phi) is 4.41. The molecular formula is C8H9F7O2. The summed E-state index contributed by atoms with van der Waals surface area (Å²) in [6.45, 7) is 1.84. The van der Waals surface area contributed by atoms with E-state index in [0.29, 0.717) is 6.92 Å². The summed E-state index contributed by atoms with van der Waals surface area (Å²) in [5, 5.41) is 0. The summed E-state index contributed by atoms with van der Waals surface area (Å²) in [5.74, 6) is -10.2. The van der Waals surface area contributed by atoms with E-state index < -0.39 is 36.5 Å².